The van der Waals surface area contributed by atoms with Crippen molar-refractivity contribution in [3.05, 3.63) is 53.1 Å². The molecule has 0 amide bonds. The zero-order chi connectivity index (χ0) is 28.6. The van der Waals surface area contributed by atoms with Gasteiger partial charge in [0.25, 0.3) is 0 Å². The van der Waals surface area contributed by atoms with Crippen molar-refractivity contribution in [1.82, 2.24) is 9.97 Å². The summed E-state index contributed by atoms with van der Waals surface area (Å²) in [6.07, 6.45) is 0. The molecule has 0 unspecified atom stereocenters. The number of benzene rings is 2. The summed E-state index contributed by atoms with van der Waals surface area (Å²) in [6.45, 7) is 7.05. The Labute approximate surface area is 238 Å². The van der Waals surface area contributed by atoms with Crippen molar-refractivity contribution in [3.63, 3.8) is 0 Å². The van der Waals surface area contributed by atoms with Crippen molar-refractivity contribution in [1.29, 1.82) is 0 Å². The molecule has 1 aliphatic heterocycles. The number of halogens is 4. The van der Waals surface area contributed by atoms with Gasteiger partial charge in [-0.15, -0.1) is 0 Å². The van der Waals surface area contributed by atoms with E-state index in [1.165, 1.54) is 19.2 Å². The first-order valence-corrected chi connectivity index (χ1v) is 13.2. The molecule has 3 aromatic rings. The molecule has 2 N–H and O–H groups in total. The standard InChI is InChI=1S/C27H31F3IN3O5/c1-15(17-7-6-8-19(23(17)28)27(29,30)25(3,4)35)32-24-18-9-22(38-13-26(14-39-31)11-37-12-26)21(36-5)10-20(18)33-16(2)34-24/h6-10,15,35H,11-14H2,1-5H3,(H,32,33,34)/t15-/m1/s1. The largest absolute Gasteiger partial charge is 0.493 e. The van der Waals surface area contributed by atoms with Crippen molar-refractivity contribution < 1.29 is 35.6 Å². The normalized spacial score (nSPS) is 16.1. The summed E-state index contributed by atoms with van der Waals surface area (Å²) in [4.78, 5) is 8.99. The Morgan fingerprint density at radius 3 is 2.49 bits per heavy atom. The zero-order valence-corrected chi connectivity index (χ0v) is 24.4. The highest BCUT2D eigenvalue weighted by Gasteiger charge is 2.49. The number of hydrogen-bond donors (Lipinski definition) is 2. The summed E-state index contributed by atoms with van der Waals surface area (Å²) in [6, 6.07) is 6.43. The van der Waals surface area contributed by atoms with Gasteiger partial charge in [-0.3, -0.25) is 0 Å². The number of alkyl halides is 2. The van der Waals surface area contributed by atoms with Crippen LogP contribution in [0.3, 0.4) is 0 Å². The van der Waals surface area contributed by atoms with Gasteiger partial charge >= 0.3 is 5.92 Å². The molecule has 1 aliphatic rings. The van der Waals surface area contributed by atoms with Crippen LogP contribution < -0.4 is 14.8 Å². The van der Waals surface area contributed by atoms with E-state index in [0.717, 1.165) is 19.9 Å². The van der Waals surface area contributed by atoms with E-state index in [9.17, 15) is 13.9 Å². The van der Waals surface area contributed by atoms with Gasteiger partial charge in [-0.2, -0.15) is 8.78 Å². The number of methoxy groups -OCH3 is 1. The van der Waals surface area contributed by atoms with Gasteiger partial charge in [0.05, 0.1) is 49.5 Å². The van der Waals surface area contributed by atoms with E-state index in [0.29, 0.717) is 60.5 Å². The number of anilines is 1. The first kappa shape index (κ1) is 29.6. The molecule has 8 nitrogen and oxygen atoms in total. The van der Waals surface area contributed by atoms with Crippen LogP contribution in [0.25, 0.3) is 10.9 Å². The van der Waals surface area contributed by atoms with Gasteiger partial charge in [0.15, 0.2) is 11.5 Å². The van der Waals surface area contributed by atoms with E-state index >= 15 is 4.39 Å². The van der Waals surface area contributed by atoms with Gasteiger partial charge in [-0.1, -0.05) is 12.1 Å². The number of nitrogens with zero attached hydrogens (tertiary/aromatic N) is 2. The lowest BCUT2D eigenvalue weighted by atomic mass is 9.88. The van der Waals surface area contributed by atoms with Crippen molar-refractivity contribution >= 4 is 39.7 Å². The molecule has 0 spiro atoms. The fourth-order valence-corrected chi connectivity index (χ4v) is 4.98. The number of hydrogen-bond acceptors (Lipinski definition) is 8. The van der Waals surface area contributed by atoms with Crippen molar-refractivity contribution in [3.8, 4) is 11.5 Å². The molecule has 0 saturated carbocycles. The topological polar surface area (TPSA) is 95.0 Å². The highest BCUT2D eigenvalue weighted by Crippen LogP contribution is 2.42. The summed E-state index contributed by atoms with van der Waals surface area (Å²) in [5.41, 5.74) is -3.05. The molecular formula is C27H31F3IN3O5. The summed E-state index contributed by atoms with van der Waals surface area (Å²) >= 11 is 1.84. The summed E-state index contributed by atoms with van der Waals surface area (Å²) in [7, 11) is 1.53. The lowest BCUT2D eigenvalue weighted by Crippen LogP contribution is -2.50. The highest BCUT2D eigenvalue weighted by molar-refractivity contribution is 14.1. The number of ether oxygens (including phenoxy) is 3. The number of nitrogens with one attached hydrogen (secondary N) is 1. The second-order valence-corrected chi connectivity index (χ2v) is 11.0. The maximum Gasteiger partial charge on any atom is 0.303 e. The molecule has 0 radical (unpaired) electrons. The molecule has 2 aromatic carbocycles. The van der Waals surface area contributed by atoms with Crippen LogP contribution in [-0.2, 0) is 13.7 Å². The van der Waals surface area contributed by atoms with Crippen LogP contribution in [0.15, 0.2) is 30.3 Å². The third kappa shape index (κ3) is 5.88. The molecule has 12 heteroatoms. The lowest BCUT2D eigenvalue weighted by molar-refractivity contribution is -0.170. The fraction of sp³-hybridized carbons (Fsp3) is 0.481. The Morgan fingerprint density at radius 1 is 1.18 bits per heavy atom. The van der Waals surface area contributed by atoms with Gasteiger partial charge in [-0.25, -0.2) is 14.4 Å². The minimum absolute atomic E-state index is 0.00319. The molecule has 1 atom stereocenters. The van der Waals surface area contributed by atoms with E-state index in [2.05, 4.69) is 15.3 Å². The number of aliphatic hydroxyl groups is 1. The highest BCUT2D eigenvalue weighted by atomic mass is 127. The van der Waals surface area contributed by atoms with E-state index < -0.39 is 28.9 Å². The quantitative estimate of drug-likeness (QED) is 0.246. The van der Waals surface area contributed by atoms with E-state index in [1.807, 2.05) is 23.0 Å². The van der Waals surface area contributed by atoms with Crippen LogP contribution in [-0.4, -0.2) is 54.2 Å². The average Bonchev–Trinajstić information content (AvgIpc) is 2.84. The fourth-order valence-electron chi connectivity index (χ4n) is 4.32. The predicted molar refractivity (Wildman–Crippen MR) is 148 cm³/mol. The third-order valence-electron chi connectivity index (χ3n) is 6.76. The first-order chi connectivity index (χ1) is 18.3. The summed E-state index contributed by atoms with van der Waals surface area (Å²) in [5.74, 6) is -3.17. The van der Waals surface area contributed by atoms with Gasteiger partial charge in [0, 0.05) is 17.0 Å². The molecule has 1 fully saturated rings. The SMILES string of the molecule is COc1cc2nc(C)nc(N[C@H](C)c3cccc(C(F)(F)C(C)(C)O)c3F)c2cc1OCC1(COI)COC1. The second kappa shape index (κ2) is 11.2. The molecule has 2 heterocycles. The Morgan fingerprint density at radius 2 is 1.90 bits per heavy atom. The molecular weight excluding hydrogens is 630 g/mol. The average molecular weight is 661 g/mol. The van der Waals surface area contributed by atoms with Crippen molar-refractivity contribution in [2.24, 2.45) is 5.41 Å². The van der Waals surface area contributed by atoms with Crippen molar-refractivity contribution in [2.75, 3.05) is 38.9 Å². The molecule has 212 valence electrons. The zero-order valence-electron chi connectivity index (χ0n) is 22.3. The molecule has 39 heavy (non-hydrogen) atoms. The van der Waals surface area contributed by atoms with Gasteiger partial charge in [0.2, 0.25) is 0 Å². The Kier molecular flexibility index (Phi) is 8.50. The van der Waals surface area contributed by atoms with Crippen LogP contribution in [0.1, 0.15) is 43.8 Å². The van der Waals surface area contributed by atoms with Gasteiger partial charge in [0.1, 0.15) is 52.7 Å². The smallest absolute Gasteiger partial charge is 0.303 e. The van der Waals surface area contributed by atoms with Crippen LogP contribution >= 0.6 is 23.0 Å². The summed E-state index contributed by atoms with van der Waals surface area (Å²) < 4.78 is 67.4. The van der Waals surface area contributed by atoms with Crippen LogP contribution in [0.4, 0.5) is 19.0 Å². The minimum Gasteiger partial charge on any atom is -0.493 e. The predicted octanol–water partition coefficient (Wildman–Crippen LogP) is 5.88. The Hall–Kier alpha value is -2.42. The number of rotatable bonds is 11. The number of aryl methyl sites for hydroxylation is 1. The molecule has 0 bridgehead atoms. The van der Waals surface area contributed by atoms with E-state index in [1.54, 1.807) is 26.0 Å². The lowest BCUT2D eigenvalue weighted by Gasteiger charge is -2.39. The maximum absolute atomic E-state index is 15.4. The second-order valence-electron chi connectivity index (χ2n) is 10.4. The summed E-state index contributed by atoms with van der Waals surface area (Å²) in [5, 5.41) is 13.7. The minimum atomic E-state index is -3.81. The monoisotopic (exact) mass is 661 g/mol. The third-order valence-corrected chi connectivity index (χ3v) is 7.07. The molecule has 4 rings (SSSR count). The van der Waals surface area contributed by atoms with Crippen LogP contribution in [0.2, 0.25) is 0 Å². The molecule has 0 aliphatic carbocycles. The van der Waals surface area contributed by atoms with Crippen LogP contribution in [0, 0.1) is 18.2 Å². The van der Waals surface area contributed by atoms with E-state index in [4.69, 9.17) is 17.3 Å². The number of fused-ring (bicyclic) bond motifs is 1. The van der Waals surface area contributed by atoms with Crippen molar-refractivity contribution in [2.45, 2.75) is 45.3 Å². The van der Waals surface area contributed by atoms with E-state index in [-0.39, 0.29) is 11.0 Å². The Bertz CT molecular complexity index is 1350. The maximum atomic E-state index is 15.4. The van der Waals surface area contributed by atoms with Gasteiger partial charge < -0.3 is 27.7 Å². The Balaban J connectivity index is 1.69. The molecule has 1 saturated heterocycles. The first-order valence-electron chi connectivity index (χ1n) is 12.3. The number of aromatic nitrogens is 2. The van der Waals surface area contributed by atoms with Gasteiger partial charge in [-0.05, 0) is 39.8 Å². The molecule has 1 aromatic heterocycles. The van der Waals surface area contributed by atoms with Crippen LogP contribution in [0.5, 0.6) is 11.5 Å².